The van der Waals surface area contributed by atoms with E-state index in [4.69, 9.17) is 5.11 Å². The fourth-order valence-corrected chi connectivity index (χ4v) is 2.96. The van der Waals surface area contributed by atoms with Gasteiger partial charge < -0.3 is 10.4 Å². The van der Waals surface area contributed by atoms with Gasteiger partial charge in [-0.1, -0.05) is 0 Å². The maximum Gasteiger partial charge on any atom is 0.194 e. The van der Waals surface area contributed by atoms with Gasteiger partial charge in [0, 0.05) is 24.2 Å². The van der Waals surface area contributed by atoms with Gasteiger partial charge in [-0.15, -0.1) is 11.3 Å². The van der Waals surface area contributed by atoms with Gasteiger partial charge in [0.25, 0.3) is 0 Å². The molecule has 0 amide bonds. The quantitative estimate of drug-likeness (QED) is 0.757. The predicted molar refractivity (Wildman–Crippen MR) is 75.2 cm³/mol. The summed E-state index contributed by atoms with van der Waals surface area (Å²) in [6.07, 6.45) is 5.26. The zero-order chi connectivity index (χ0) is 13.0. The monoisotopic (exact) mass is 267 g/mol. The summed E-state index contributed by atoms with van der Waals surface area (Å²) < 4.78 is 2.19. The predicted octanol–water partition coefficient (Wildman–Crippen LogP) is 2.26. The molecule has 0 aliphatic rings. The Bertz CT molecular complexity index is 504. The Morgan fingerprint density at radius 3 is 2.94 bits per heavy atom. The van der Waals surface area contributed by atoms with E-state index in [-0.39, 0.29) is 0 Å². The lowest BCUT2D eigenvalue weighted by atomic mass is 10.2. The second-order valence-corrected chi connectivity index (χ2v) is 5.81. The Kier molecular flexibility index (Phi) is 4.74. The molecule has 0 atom stereocenters. The van der Waals surface area contributed by atoms with E-state index in [1.54, 1.807) is 11.3 Å². The van der Waals surface area contributed by atoms with Crippen molar-refractivity contribution in [3.8, 4) is 0 Å². The third kappa shape index (κ3) is 3.10. The third-order valence-electron chi connectivity index (χ3n) is 3.05. The topological polar surface area (TPSA) is 49.6 Å². The number of hydrogen-bond acceptors (Lipinski definition) is 4. The van der Waals surface area contributed by atoms with E-state index < -0.39 is 0 Å². The summed E-state index contributed by atoms with van der Waals surface area (Å²) in [4.78, 5) is 6.95. The normalized spacial score (nSPS) is 11.5. The highest BCUT2D eigenvalue weighted by Crippen LogP contribution is 2.20. The second kappa shape index (κ2) is 6.31. The lowest BCUT2D eigenvalue weighted by molar-refractivity contribution is 0.283. The van der Waals surface area contributed by atoms with Gasteiger partial charge in [-0.3, -0.25) is 4.40 Å². The Hall–Kier alpha value is -0.910. The first-order valence-corrected chi connectivity index (χ1v) is 7.29. The van der Waals surface area contributed by atoms with Crippen LogP contribution in [-0.2, 0) is 6.54 Å². The molecule has 0 aliphatic carbocycles. The van der Waals surface area contributed by atoms with Crippen LogP contribution >= 0.6 is 11.3 Å². The van der Waals surface area contributed by atoms with Crippen LogP contribution in [0.4, 0.5) is 0 Å². The molecule has 0 fully saturated rings. The van der Waals surface area contributed by atoms with E-state index >= 15 is 0 Å². The fraction of sp³-hybridized carbons (Fsp3) is 0.615. The largest absolute Gasteiger partial charge is 0.396 e. The number of hydrogen-bond donors (Lipinski definition) is 2. The van der Waals surface area contributed by atoms with Crippen molar-refractivity contribution in [3.05, 3.63) is 22.5 Å². The summed E-state index contributed by atoms with van der Waals surface area (Å²) in [7, 11) is 0. The number of nitrogens with one attached hydrogen (secondary N) is 1. The average molecular weight is 267 g/mol. The molecule has 0 saturated heterocycles. The van der Waals surface area contributed by atoms with Crippen LogP contribution in [0.2, 0.25) is 0 Å². The van der Waals surface area contributed by atoms with Crippen molar-refractivity contribution in [2.24, 2.45) is 0 Å². The van der Waals surface area contributed by atoms with E-state index in [9.17, 15) is 0 Å². The highest BCUT2D eigenvalue weighted by molar-refractivity contribution is 7.17. The Morgan fingerprint density at radius 2 is 2.17 bits per heavy atom. The molecule has 100 valence electrons. The molecule has 2 aromatic heterocycles. The minimum atomic E-state index is 0.302. The van der Waals surface area contributed by atoms with Gasteiger partial charge in [-0.05, 0) is 39.7 Å². The number of aromatic nitrogens is 2. The molecular weight excluding hydrogens is 246 g/mol. The maximum absolute atomic E-state index is 8.70. The highest BCUT2D eigenvalue weighted by atomic mass is 32.1. The minimum absolute atomic E-state index is 0.302. The molecule has 0 saturated carbocycles. The molecule has 5 heteroatoms. The minimum Gasteiger partial charge on any atom is -0.396 e. The number of fused-ring (bicyclic) bond motifs is 1. The van der Waals surface area contributed by atoms with Crippen LogP contribution in [0, 0.1) is 13.8 Å². The molecule has 18 heavy (non-hydrogen) atoms. The molecule has 4 nitrogen and oxygen atoms in total. The van der Waals surface area contributed by atoms with Crippen molar-refractivity contribution in [1.82, 2.24) is 14.7 Å². The SMILES string of the molecule is Cc1cn2c(CNCCCCCO)c(C)nc2s1. The van der Waals surface area contributed by atoms with Crippen LogP contribution in [0.5, 0.6) is 0 Å². The maximum atomic E-state index is 8.70. The number of unbranched alkanes of at least 4 members (excludes halogenated alkanes) is 2. The van der Waals surface area contributed by atoms with E-state index in [0.29, 0.717) is 6.61 Å². The van der Waals surface area contributed by atoms with Crippen LogP contribution in [0.15, 0.2) is 6.20 Å². The molecule has 0 radical (unpaired) electrons. The van der Waals surface area contributed by atoms with Crippen molar-refractivity contribution in [3.63, 3.8) is 0 Å². The summed E-state index contributed by atoms with van der Waals surface area (Å²) in [5, 5.41) is 12.2. The van der Waals surface area contributed by atoms with Crippen molar-refractivity contribution in [2.45, 2.75) is 39.7 Å². The van der Waals surface area contributed by atoms with Crippen molar-refractivity contribution >= 4 is 16.3 Å². The van der Waals surface area contributed by atoms with Crippen LogP contribution in [0.25, 0.3) is 4.96 Å². The summed E-state index contributed by atoms with van der Waals surface area (Å²) in [6.45, 7) is 6.34. The molecule has 2 aromatic rings. The number of aliphatic hydroxyl groups is 1. The lowest BCUT2D eigenvalue weighted by Gasteiger charge is -2.04. The smallest absolute Gasteiger partial charge is 0.194 e. The van der Waals surface area contributed by atoms with Gasteiger partial charge >= 0.3 is 0 Å². The first-order valence-electron chi connectivity index (χ1n) is 6.48. The van der Waals surface area contributed by atoms with Crippen LogP contribution < -0.4 is 5.32 Å². The number of aryl methyl sites for hydroxylation is 2. The Labute approximate surface area is 112 Å². The average Bonchev–Trinajstić information content (AvgIpc) is 2.80. The number of imidazole rings is 1. The van der Waals surface area contributed by atoms with Gasteiger partial charge in [0.1, 0.15) is 0 Å². The molecule has 0 aromatic carbocycles. The van der Waals surface area contributed by atoms with E-state index in [1.807, 2.05) is 0 Å². The van der Waals surface area contributed by atoms with Gasteiger partial charge in [0.2, 0.25) is 0 Å². The van der Waals surface area contributed by atoms with Gasteiger partial charge in [0.05, 0.1) is 11.4 Å². The number of aliphatic hydroxyl groups excluding tert-OH is 1. The lowest BCUT2D eigenvalue weighted by Crippen LogP contribution is -2.16. The van der Waals surface area contributed by atoms with Crippen molar-refractivity contribution in [2.75, 3.05) is 13.2 Å². The van der Waals surface area contributed by atoms with Crippen molar-refractivity contribution in [1.29, 1.82) is 0 Å². The van der Waals surface area contributed by atoms with Crippen molar-refractivity contribution < 1.29 is 5.11 Å². The summed E-state index contributed by atoms with van der Waals surface area (Å²) in [5.74, 6) is 0. The molecule has 0 unspecified atom stereocenters. The molecular formula is C13H21N3OS. The van der Waals surface area contributed by atoms with Gasteiger partial charge in [-0.2, -0.15) is 0 Å². The third-order valence-corrected chi connectivity index (χ3v) is 3.94. The Morgan fingerprint density at radius 1 is 1.33 bits per heavy atom. The first-order chi connectivity index (χ1) is 8.72. The zero-order valence-corrected chi connectivity index (χ0v) is 11.9. The molecule has 2 rings (SSSR count). The molecule has 0 aliphatic heterocycles. The highest BCUT2D eigenvalue weighted by Gasteiger charge is 2.10. The molecule has 2 heterocycles. The number of rotatable bonds is 7. The standard InChI is InChI=1S/C13H21N3OS/c1-10-9-16-12(11(2)15-13(16)18-10)8-14-6-4-3-5-7-17/h9,14,17H,3-8H2,1-2H3. The zero-order valence-electron chi connectivity index (χ0n) is 11.1. The van der Waals surface area contributed by atoms with Crippen LogP contribution in [0.3, 0.4) is 0 Å². The number of thiazole rings is 1. The fourth-order valence-electron chi connectivity index (χ4n) is 2.07. The van der Waals surface area contributed by atoms with Crippen LogP contribution in [0.1, 0.15) is 35.5 Å². The molecule has 0 bridgehead atoms. The Balaban J connectivity index is 1.88. The van der Waals surface area contributed by atoms with E-state index in [2.05, 4.69) is 34.7 Å². The molecule has 2 N–H and O–H groups in total. The molecule has 0 spiro atoms. The summed E-state index contributed by atoms with van der Waals surface area (Å²) >= 11 is 1.73. The van der Waals surface area contributed by atoms with Gasteiger partial charge in [-0.25, -0.2) is 4.98 Å². The van der Waals surface area contributed by atoms with Gasteiger partial charge in [0.15, 0.2) is 4.96 Å². The number of nitrogens with zero attached hydrogens (tertiary/aromatic N) is 2. The summed E-state index contributed by atoms with van der Waals surface area (Å²) in [5.41, 5.74) is 2.38. The van der Waals surface area contributed by atoms with E-state index in [0.717, 1.165) is 43.0 Å². The summed E-state index contributed by atoms with van der Waals surface area (Å²) in [6, 6.07) is 0. The second-order valence-electron chi connectivity index (χ2n) is 4.60. The van der Waals surface area contributed by atoms with Crippen LogP contribution in [-0.4, -0.2) is 27.6 Å². The van der Waals surface area contributed by atoms with E-state index in [1.165, 1.54) is 10.6 Å². The first kappa shape index (κ1) is 13.5.